The second-order valence-corrected chi connectivity index (χ2v) is 8.01. The minimum Gasteiger partial charge on any atom is -0.243 e. The van der Waals surface area contributed by atoms with E-state index in [1.54, 1.807) is 10.4 Å². The Morgan fingerprint density at radius 1 is 1.20 bits per heavy atom. The van der Waals surface area contributed by atoms with Gasteiger partial charge >= 0.3 is 0 Å². The van der Waals surface area contributed by atoms with E-state index in [0.717, 1.165) is 12.8 Å². The zero-order valence-corrected chi connectivity index (χ0v) is 12.9. The molecule has 2 heterocycles. The fraction of sp³-hybridized carbons (Fsp3) is 0.643. The third-order valence-electron chi connectivity index (χ3n) is 4.60. The zero-order valence-electron chi connectivity index (χ0n) is 11.3. The Morgan fingerprint density at radius 2 is 1.95 bits per heavy atom. The van der Waals surface area contributed by atoms with Gasteiger partial charge in [0, 0.05) is 19.3 Å². The fourth-order valence-electron chi connectivity index (χ4n) is 3.49. The van der Waals surface area contributed by atoms with Crippen molar-refractivity contribution < 1.29 is 8.42 Å². The van der Waals surface area contributed by atoms with Crippen LogP contribution in [0.3, 0.4) is 0 Å². The van der Waals surface area contributed by atoms with Crippen LogP contribution in [0, 0.1) is 11.8 Å². The summed E-state index contributed by atoms with van der Waals surface area (Å²) < 4.78 is 27.0. The summed E-state index contributed by atoms with van der Waals surface area (Å²) in [5, 5.41) is 0.0678. The molecule has 4 nitrogen and oxygen atoms in total. The summed E-state index contributed by atoms with van der Waals surface area (Å²) in [4.78, 5) is 4.02. The summed E-state index contributed by atoms with van der Waals surface area (Å²) in [6.07, 6.45) is 7.41. The van der Waals surface area contributed by atoms with E-state index in [9.17, 15) is 8.42 Å². The number of piperidine rings is 1. The van der Waals surface area contributed by atoms with Gasteiger partial charge in [-0.3, -0.25) is 0 Å². The highest BCUT2D eigenvalue weighted by molar-refractivity contribution is 7.89. The van der Waals surface area contributed by atoms with Crippen molar-refractivity contribution in [3.8, 4) is 0 Å². The Morgan fingerprint density at radius 3 is 2.70 bits per heavy atom. The molecule has 2 fully saturated rings. The third kappa shape index (κ3) is 2.59. The molecule has 0 amide bonds. The molecular weight excluding hydrogens is 296 g/mol. The first-order valence-electron chi connectivity index (χ1n) is 7.19. The summed E-state index contributed by atoms with van der Waals surface area (Å²) in [6, 6.07) is 3.16. The predicted molar refractivity (Wildman–Crippen MR) is 78.1 cm³/mol. The average Bonchev–Trinajstić information content (AvgIpc) is 2.47. The Kier molecular flexibility index (Phi) is 4.02. The number of halogens is 1. The van der Waals surface area contributed by atoms with E-state index in [1.807, 2.05) is 0 Å². The molecule has 3 rings (SSSR count). The van der Waals surface area contributed by atoms with Gasteiger partial charge in [-0.05, 0) is 36.8 Å². The van der Waals surface area contributed by atoms with E-state index >= 15 is 0 Å². The number of hydrogen-bond donors (Lipinski definition) is 0. The van der Waals surface area contributed by atoms with E-state index < -0.39 is 10.0 Å². The van der Waals surface area contributed by atoms with Gasteiger partial charge in [-0.2, -0.15) is 4.31 Å². The highest BCUT2D eigenvalue weighted by atomic mass is 35.5. The minimum absolute atomic E-state index is 0.0678. The molecule has 20 heavy (non-hydrogen) atoms. The van der Waals surface area contributed by atoms with Gasteiger partial charge in [-0.1, -0.05) is 30.9 Å². The van der Waals surface area contributed by atoms with E-state index in [2.05, 4.69) is 4.98 Å². The lowest BCUT2D eigenvalue weighted by molar-refractivity contribution is 0.136. The largest absolute Gasteiger partial charge is 0.246 e. The van der Waals surface area contributed by atoms with Gasteiger partial charge in [0.05, 0.1) is 0 Å². The normalized spacial score (nSPS) is 28.1. The molecule has 6 heteroatoms. The number of rotatable bonds is 2. The maximum atomic E-state index is 12.7. The van der Waals surface area contributed by atoms with Crippen LogP contribution in [0.2, 0.25) is 5.15 Å². The molecule has 2 atom stereocenters. The molecule has 110 valence electrons. The van der Waals surface area contributed by atoms with Crippen LogP contribution in [0.5, 0.6) is 0 Å². The summed E-state index contributed by atoms with van der Waals surface area (Å²) >= 11 is 5.95. The molecule has 2 aliphatic rings. The van der Waals surface area contributed by atoms with Crippen LogP contribution in [0.1, 0.15) is 32.1 Å². The van der Waals surface area contributed by atoms with E-state index in [4.69, 9.17) is 11.6 Å². The molecule has 1 saturated heterocycles. The summed E-state index contributed by atoms with van der Waals surface area (Å²) in [6.45, 7) is 1.24. The van der Waals surface area contributed by atoms with Crippen LogP contribution in [-0.4, -0.2) is 30.8 Å². The van der Waals surface area contributed by atoms with Gasteiger partial charge in [-0.25, -0.2) is 13.4 Å². The number of sulfonamides is 1. The SMILES string of the molecule is O=S(=O)(c1cccnc1Cl)N1CCC2CCCCC2C1. The quantitative estimate of drug-likeness (QED) is 0.789. The Bertz CT molecular complexity index is 591. The predicted octanol–water partition coefficient (Wildman–Crippen LogP) is 2.94. The topological polar surface area (TPSA) is 50.3 Å². The average molecular weight is 315 g/mol. The minimum atomic E-state index is -3.50. The Balaban J connectivity index is 1.84. The lowest BCUT2D eigenvalue weighted by Gasteiger charge is -2.40. The van der Waals surface area contributed by atoms with Gasteiger partial charge in [0.2, 0.25) is 10.0 Å². The van der Waals surface area contributed by atoms with Gasteiger partial charge in [0.1, 0.15) is 10.0 Å². The Labute approximate surface area is 125 Å². The highest BCUT2D eigenvalue weighted by Gasteiger charge is 2.37. The second kappa shape index (κ2) is 5.62. The van der Waals surface area contributed by atoms with Crippen LogP contribution < -0.4 is 0 Å². The van der Waals surface area contributed by atoms with Gasteiger partial charge < -0.3 is 0 Å². The van der Waals surface area contributed by atoms with Crippen LogP contribution in [0.4, 0.5) is 0 Å². The first-order chi connectivity index (χ1) is 9.59. The molecular formula is C14H19ClN2O2S. The van der Waals surface area contributed by atoms with E-state index in [-0.39, 0.29) is 10.0 Å². The van der Waals surface area contributed by atoms with Crippen molar-refractivity contribution in [2.45, 2.75) is 37.0 Å². The number of pyridine rings is 1. The molecule has 0 radical (unpaired) electrons. The van der Waals surface area contributed by atoms with Crippen molar-refractivity contribution in [1.29, 1.82) is 0 Å². The third-order valence-corrected chi connectivity index (χ3v) is 6.91. The van der Waals surface area contributed by atoms with Crippen molar-refractivity contribution >= 4 is 21.6 Å². The molecule has 0 aromatic carbocycles. The number of aromatic nitrogens is 1. The zero-order chi connectivity index (χ0) is 14.2. The van der Waals surface area contributed by atoms with Crippen molar-refractivity contribution in [3.05, 3.63) is 23.5 Å². The molecule has 0 N–H and O–H groups in total. The standard InChI is InChI=1S/C14H19ClN2O2S/c15-14-13(6-3-8-16-14)20(18,19)17-9-7-11-4-1-2-5-12(11)10-17/h3,6,8,11-12H,1-2,4-5,7,9-10H2. The van der Waals surface area contributed by atoms with Crippen LogP contribution in [-0.2, 0) is 10.0 Å². The van der Waals surface area contributed by atoms with Crippen molar-refractivity contribution in [2.24, 2.45) is 11.8 Å². The molecule has 0 bridgehead atoms. The summed E-state index contributed by atoms with van der Waals surface area (Å²) in [5.74, 6) is 1.22. The molecule has 2 unspecified atom stereocenters. The van der Waals surface area contributed by atoms with Gasteiger partial charge in [0.15, 0.2) is 0 Å². The van der Waals surface area contributed by atoms with E-state index in [1.165, 1.54) is 31.5 Å². The Hall–Kier alpha value is -0.650. The lowest BCUT2D eigenvalue weighted by atomic mass is 9.76. The first-order valence-corrected chi connectivity index (χ1v) is 9.01. The van der Waals surface area contributed by atoms with Crippen LogP contribution in [0.25, 0.3) is 0 Å². The maximum Gasteiger partial charge on any atom is 0.246 e. The van der Waals surface area contributed by atoms with Crippen LogP contribution in [0.15, 0.2) is 23.2 Å². The smallest absolute Gasteiger partial charge is 0.243 e. The monoisotopic (exact) mass is 314 g/mol. The van der Waals surface area contributed by atoms with Crippen molar-refractivity contribution in [3.63, 3.8) is 0 Å². The highest BCUT2D eigenvalue weighted by Crippen LogP contribution is 2.38. The first kappa shape index (κ1) is 14.3. The second-order valence-electron chi connectivity index (χ2n) is 5.75. The van der Waals surface area contributed by atoms with E-state index in [0.29, 0.717) is 24.9 Å². The summed E-state index contributed by atoms with van der Waals surface area (Å²) in [7, 11) is -3.50. The van der Waals surface area contributed by atoms with Crippen molar-refractivity contribution in [1.82, 2.24) is 9.29 Å². The molecule has 1 aliphatic heterocycles. The molecule has 0 spiro atoms. The molecule has 1 aromatic heterocycles. The van der Waals surface area contributed by atoms with Gasteiger partial charge in [0.25, 0.3) is 0 Å². The number of fused-ring (bicyclic) bond motifs is 1. The fourth-order valence-corrected chi connectivity index (χ4v) is 5.43. The van der Waals surface area contributed by atoms with Crippen LogP contribution >= 0.6 is 11.6 Å². The lowest BCUT2D eigenvalue weighted by Crippen LogP contribution is -2.44. The van der Waals surface area contributed by atoms with Crippen molar-refractivity contribution in [2.75, 3.05) is 13.1 Å². The maximum absolute atomic E-state index is 12.7. The number of nitrogens with zero attached hydrogens (tertiary/aromatic N) is 2. The molecule has 1 saturated carbocycles. The van der Waals surface area contributed by atoms with Gasteiger partial charge in [-0.15, -0.1) is 0 Å². The number of hydrogen-bond acceptors (Lipinski definition) is 3. The molecule has 1 aromatic rings. The molecule has 1 aliphatic carbocycles. The summed E-state index contributed by atoms with van der Waals surface area (Å²) in [5.41, 5.74) is 0.